The third kappa shape index (κ3) is 2.58. The molecule has 1 aromatic rings. The van der Waals surface area contributed by atoms with Gasteiger partial charge in [0.05, 0.1) is 0 Å². The van der Waals surface area contributed by atoms with E-state index >= 15 is 0 Å². The second-order valence-electron chi connectivity index (χ2n) is 5.06. The summed E-state index contributed by atoms with van der Waals surface area (Å²) in [5, 5.41) is 11.5. The number of aliphatic carboxylic acids is 1. The van der Waals surface area contributed by atoms with Crippen molar-refractivity contribution in [3.8, 4) is 0 Å². The number of hydrogen-bond acceptors (Lipinski definition) is 4. The Hall–Kier alpha value is -0.910. The molecule has 5 heteroatoms. The molecule has 0 bridgehead atoms. The average molecular weight is 268 g/mol. The zero-order chi connectivity index (χ0) is 13.3. The topological polar surface area (TPSA) is 43.8 Å². The molecule has 1 saturated heterocycles. The molecule has 1 aromatic heterocycles. The average Bonchev–Trinajstić information content (AvgIpc) is 2.68. The largest absolute Gasteiger partial charge is 0.480 e. The maximum absolute atomic E-state index is 11.6. The van der Waals surface area contributed by atoms with Crippen LogP contribution in [0.5, 0.6) is 0 Å². The van der Waals surface area contributed by atoms with E-state index in [1.165, 1.54) is 0 Å². The summed E-state index contributed by atoms with van der Waals surface area (Å²) in [6.07, 6.45) is 0. The summed E-state index contributed by atoms with van der Waals surface area (Å²) in [4.78, 5) is 17.0. The molecule has 4 nitrogen and oxygen atoms in total. The van der Waals surface area contributed by atoms with Crippen LogP contribution in [0.15, 0.2) is 11.4 Å². The summed E-state index contributed by atoms with van der Waals surface area (Å²) in [6.45, 7) is 6.76. The molecule has 1 N–H and O–H groups in total. The molecule has 1 aliphatic heterocycles. The van der Waals surface area contributed by atoms with Crippen molar-refractivity contribution in [2.24, 2.45) is 0 Å². The normalized spacial score (nSPS) is 24.1. The van der Waals surface area contributed by atoms with E-state index in [1.54, 1.807) is 11.3 Å². The van der Waals surface area contributed by atoms with Crippen molar-refractivity contribution in [3.05, 3.63) is 21.9 Å². The summed E-state index contributed by atoms with van der Waals surface area (Å²) in [7, 11) is 2.08. The van der Waals surface area contributed by atoms with Crippen molar-refractivity contribution in [2.45, 2.75) is 25.9 Å². The minimum Gasteiger partial charge on any atom is -0.480 e. The van der Waals surface area contributed by atoms with Gasteiger partial charge in [-0.25, -0.2) is 0 Å². The predicted molar refractivity (Wildman–Crippen MR) is 73.1 cm³/mol. The highest BCUT2D eigenvalue weighted by Gasteiger charge is 2.35. The standard InChI is InChI=1S/C13H20N2O2S/c1-9-4-7-18-12(9)11(13(16)17)15-6-5-14(3)8-10(15)2/h4,7,10-11H,5-6,8H2,1-3H3,(H,16,17). The Morgan fingerprint density at radius 1 is 1.56 bits per heavy atom. The van der Waals surface area contributed by atoms with E-state index in [1.807, 2.05) is 18.4 Å². The van der Waals surface area contributed by atoms with Crippen LogP contribution in [0.3, 0.4) is 0 Å². The molecule has 0 spiro atoms. The first-order valence-corrected chi connectivity index (χ1v) is 7.09. The summed E-state index contributed by atoms with van der Waals surface area (Å²) in [6, 6.07) is 1.77. The van der Waals surface area contributed by atoms with Crippen molar-refractivity contribution >= 4 is 17.3 Å². The first kappa shape index (κ1) is 13.5. The lowest BCUT2D eigenvalue weighted by Crippen LogP contribution is -2.53. The van der Waals surface area contributed by atoms with Crippen molar-refractivity contribution in [1.82, 2.24) is 9.80 Å². The van der Waals surface area contributed by atoms with Crippen molar-refractivity contribution in [1.29, 1.82) is 0 Å². The number of carboxylic acid groups (broad SMARTS) is 1. The number of hydrogen-bond donors (Lipinski definition) is 1. The molecular formula is C13H20N2O2S. The van der Waals surface area contributed by atoms with E-state index in [0.29, 0.717) is 0 Å². The van der Waals surface area contributed by atoms with E-state index in [4.69, 9.17) is 0 Å². The van der Waals surface area contributed by atoms with Crippen LogP contribution >= 0.6 is 11.3 Å². The highest BCUT2D eigenvalue weighted by molar-refractivity contribution is 7.10. The molecule has 100 valence electrons. The summed E-state index contributed by atoms with van der Waals surface area (Å²) < 4.78 is 0. The Kier molecular flexibility index (Phi) is 4.04. The van der Waals surface area contributed by atoms with Gasteiger partial charge in [-0.2, -0.15) is 0 Å². The Labute approximate surface area is 112 Å². The van der Waals surface area contributed by atoms with Gasteiger partial charge in [0.1, 0.15) is 6.04 Å². The van der Waals surface area contributed by atoms with Gasteiger partial charge < -0.3 is 10.0 Å². The van der Waals surface area contributed by atoms with Crippen LogP contribution < -0.4 is 0 Å². The van der Waals surface area contributed by atoms with Crippen molar-refractivity contribution in [2.75, 3.05) is 26.7 Å². The van der Waals surface area contributed by atoms with E-state index in [-0.39, 0.29) is 6.04 Å². The monoisotopic (exact) mass is 268 g/mol. The molecular weight excluding hydrogens is 248 g/mol. The second-order valence-corrected chi connectivity index (χ2v) is 6.01. The zero-order valence-electron chi connectivity index (χ0n) is 11.1. The molecule has 0 aliphatic carbocycles. The van der Waals surface area contributed by atoms with Crippen LogP contribution in [0.1, 0.15) is 23.4 Å². The van der Waals surface area contributed by atoms with E-state index in [0.717, 1.165) is 30.1 Å². The Balaban J connectivity index is 2.26. The fourth-order valence-corrected chi connectivity index (χ4v) is 3.64. The summed E-state index contributed by atoms with van der Waals surface area (Å²) >= 11 is 1.55. The molecule has 1 aliphatic rings. The van der Waals surface area contributed by atoms with E-state index in [2.05, 4.69) is 23.8 Å². The van der Waals surface area contributed by atoms with Gasteiger partial charge in [0, 0.05) is 30.6 Å². The lowest BCUT2D eigenvalue weighted by molar-refractivity contribution is -0.145. The van der Waals surface area contributed by atoms with Gasteiger partial charge in [-0.3, -0.25) is 9.69 Å². The number of rotatable bonds is 3. The van der Waals surface area contributed by atoms with Gasteiger partial charge in [-0.05, 0) is 37.9 Å². The maximum Gasteiger partial charge on any atom is 0.326 e. The second kappa shape index (κ2) is 5.38. The number of nitrogens with zero attached hydrogens (tertiary/aromatic N) is 2. The predicted octanol–water partition coefficient (Wildman–Crippen LogP) is 1.82. The number of aryl methyl sites for hydroxylation is 1. The number of carbonyl (C=O) groups is 1. The van der Waals surface area contributed by atoms with E-state index in [9.17, 15) is 9.90 Å². The first-order valence-electron chi connectivity index (χ1n) is 6.21. The molecule has 2 atom stereocenters. The third-order valence-electron chi connectivity index (χ3n) is 3.60. The Morgan fingerprint density at radius 3 is 2.78 bits per heavy atom. The lowest BCUT2D eigenvalue weighted by Gasteiger charge is -2.41. The zero-order valence-corrected chi connectivity index (χ0v) is 11.9. The van der Waals surface area contributed by atoms with Crippen LogP contribution in [-0.4, -0.2) is 53.6 Å². The molecule has 0 saturated carbocycles. The molecule has 0 radical (unpaired) electrons. The number of thiophene rings is 1. The third-order valence-corrected chi connectivity index (χ3v) is 4.67. The van der Waals surface area contributed by atoms with Crippen LogP contribution in [-0.2, 0) is 4.79 Å². The summed E-state index contributed by atoms with van der Waals surface area (Å²) in [5.41, 5.74) is 1.08. The van der Waals surface area contributed by atoms with Gasteiger partial charge in [0.15, 0.2) is 0 Å². The maximum atomic E-state index is 11.6. The first-order chi connectivity index (χ1) is 8.50. The van der Waals surface area contributed by atoms with Gasteiger partial charge in [0.25, 0.3) is 0 Å². The van der Waals surface area contributed by atoms with Crippen LogP contribution in [0.25, 0.3) is 0 Å². The number of carboxylic acids is 1. The Bertz CT molecular complexity index is 432. The molecule has 2 rings (SSSR count). The van der Waals surface area contributed by atoms with Crippen LogP contribution in [0, 0.1) is 6.92 Å². The van der Waals surface area contributed by atoms with Gasteiger partial charge >= 0.3 is 5.97 Å². The SMILES string of the molecule is Cc1ccsc1C(C(=O)O)N1CCN(C)CC1C. The lowest BCUT2D eigenvalue weighted by atomic mass is 10.1. The Morgan fingerprint density at radius 2 is 2.28 bits per heavy atom. The van der Waals surface area contributed by atoms with Crippen LogP contribution in [0.4, 0.5) is 0 Å². The fraction of sp³-hybridized carbons (Fsp3) is 0.615. The quantitative estimate of drug-likeness (QED) is 0.908. The fourth-order valence-electron chi connectivity index (χ4n) is 2.61. The van der Waals surface area contributed by atoms with Crippen LogP contribution in [0.2, 0.25) is 0 Å². The number of piperazine rings is 1. The molecule has 18 heavy (non-hydrogen) atoms. The molecule has 0 amide bonds. The van der Waals surface area contributed by atoms with E-state index < -0.39 is 12.0 Å². The van der Waals surface area contributed by atoms with Gasteiger partial charge in [-0.1, -0.05) is 0 Å². The molecule has 0 aromatic carbocycles. The van der Waals surface area contributed by atoms with Crippen molar-refractivity contribution in [3.63, 3.8) is 0 Å². The summed E-state index contributed by atoms with van der Waals surface area (Å²) in [5.74, 6) is -0.739. The highest BCUT2D eigenvalue weighted by atomic mass is 32.1. The minimum absolute atomic E-state index is 0.270. The van der Waals surface area contributed by atoms with Gasteiger partial charge in [-0.15, -0.1) is 11.3 Å². The van der Waals surface area contributed by atoms with Crippen molar-refractivity contribution < 1.29 is 9.90 Å². The minimum atomic E-state index is -0.739. The highest BCUT2D eigenvalue weighted by Crippen LogP contribution is 2.31. The molecule has 2 heterocycles. The molecule has 2 unspecified atom stereocenters. The smallest absolute Gasteiger partial charge is 0.326 e. The molecule has 1 fully saturated rings. The number of likely N-dealkylation sites (N-methyl/N-ethyl adjacent to an activating group) is 1. The van der Waals surface area contributed by atoms with Gasteiger partial charge in [0.2, 0.25) is 0 Å².